The predicted octanol–water partition coefficient (Wildman–Crippen LogP) is 1.46. The molecule has 1 aromatic heterocycles. The summed E-state index contributed by atoms with van der Waals surface area (Å²) in [6.45, 7) is 0.246. The van der Waals surface area contributed by atoms with E-state index in [2.05, 4.69) is 20.5 Å². The van der Waals surface area contributed by atoms with Gasteiger partial charge in [0.05, 0.1) is 18.7 Å². The van der Waals surface area contributed by atoms with Gasteiger partial charge in [-0.1, -0.05) is 11.6 Å². The topological polar surface area (TPSA) is 100 Å². The molecule has 0 bridgehead atoms. The fraction of sp³-hybridized carbons (Fsp3) is 0.286. The molecule has 2 amide bonds. The van der Waals surface area contributed by atoms with Gasteiger partial charge in [0.15, 0.2) is 0 Å². The Hall–Kier alpha value is -2.61. The molecule has 1 saturated heterocycles. The lowest BCUT2D eigenvalue weighted by atomic mass is 10.1. The highest BCUT2D eigenvalue weighted by molar-refractivity contribution is 6.31. The monoisotopic (exact) mass is 335 g/mol. The van der Waals surface area contributed by atoms with Gasteiger partial charge in [-0.2, -0.15) is 10.1 Å². The molecule has 2 heterocycles. The Morgan fingerprint density at radius 2 is 2.35 bits per heavy atom. The van der Waals surface area contributed by atoms with Gasteiger partial charge in [-0.15, -0.1) is 0 Å². The number of halogens is 1. The van der Waals surface area contributed by atoms with Gasteiger partial charge in [0.2, 0.25) is 17.8 Å². The van der Waals surface area contributed by atoms with Gasteiger partial charge in [0, 0.05) is 18.0 Å². The Bertz CT molecular complexity index is 734. The van der Waals surface area contributed by atoms with Crippen molar-refractivity contribution in [3.05, 3.63) is 29.5 Å². The van der Waals surface area contributed by atoms with E-state index in [0.29, 0.717) is 16.5 Å². The van der Waals surface area contributed by atoms with Crippen molar-refractivity contribution in [2.24, 2.45) is 5.92 Å². The van der Waals surface area contributed by atoms with Crippen LogP contribution in [0.25, 0.3) is 0 Å². The van der Waals surface area contributed by atoms with Crippen LogP contribution in [-0.2, 0) is 9.59 Å². The molecule has 1 atom stereocenters. The maximum atomic E-state index is 12.3. The molecule has 3 rings (SSSR count). The summed E-state index contributed by atoms with van der Waals surface area (Å²) in [6.07, 6.45) is 1.40. The number of H-pyrrole nitrogens is 1. The van der Waals surface area contributed by atoms with Crippen molar-refractivity contribution in [2.75, 3.05) is 23.9 Å². The van der Waals surface area contributed by atoms with Crippen molar-refractivity contribution in [2.45, 2.75) is 6.42 Å². The first-order chi connectivity index (χ1) is 11.1. The standard InChI is InChI=1S/C14H14ClN5O3/c1-23-11-3-2-9(15)5-10(11)20-6-8(4-12(20)21)13(22)18-14-16-7-17-19-14/h2-3,5,7-8H,4,6H2,1H3,(H2,16,17,18,19,22). The van der Waals surface area contributed by atoms with Crippen LogP contribution in [0.1, 0.15) is 6.42 Å². The minimum Gasteiger partial charge on any atom is -0.495 e. The fourth-order valence-corrected chi connectivity index (χ4v) is 2.64. The molecule has 1 aliphatic rings. The van der Waals surface area contributed by atoms with Gasteiger partial charge in [-0.3, -0.25) is 14.9 Å². The first kappa shape index (κ1) is 15.3. The second-order valence-corrected chi connectivity index (χ2v) is 5.48. The molecule has 2 aromatic rings. The van der Waals surface area contributed by atoms with E-state index >= 15 is 0 Å². The molecule has 0 saturated carbocycles. The number of hydrogen-bond donors (Lipinski definition) is 2. The molecule has 1 aromatic carbocycles. The van der Waals surface area contributed by atoms with Gasteiger partial charge in [-0.25, -0.2) is 5.10 Å². The van der Waals surface area contributed by atoms with Crippen LogP contribution in [0.3, 0.4) is 0 Å². The molecule has 2 N–H and O–H groups in total. The first-order valence-electron chi connectivity index (χ1n) is 6.88. The number of methoxy groups -OCH3 is 1. The lowest BCUT2D eigenvalue weighted by molar-refractivity contribution is -0.122. The van der Waals surface area contributed by atoms with E-state index in [1.807, 2.05) is 0 Å². The van der Waals surface area contributed by atoms with Crippen LogP contribution in [0, 0.1) is 5.92 Å². The molecule has 0 spiro atoms. The number of rotatable bonds is 4. The number of amides is 2. The van der Waals surface area contributed by atoms with E-state index < -0.39 is 5.92 Å². The zero-order chi connectivity index (χ0) is 16.4. The number of anilines is 2. The molecule has 8 nitrogen and oxygen atoms in total. The number of benzene rings is 1. The number of carbonyl (C=O) groups excluding carboxylic acids is 2. The van der Waals surface area contributed by atoms with Crippen LogP contribution in [-0.4, -0.2) is 40.7 Å². The zero-order valence-corrected chi connectivity index (χ0v) is 13.0. The van der Waals surface area contributed by atoms with Gasteiger partial charge in [0.25, 0.3) is 0 Å². The number of aromatic nitrogens is 3. The maximum Gasteiger partial charge on any atom is 0.232 e. The number of ether oxygens (including phenoxy) is 1. The van der Waals surface area contributed by atoms with Crippen molar-refractivity contribution < 1.29 is 14.3 Å². The predicted molar refractivity (Wildman–Crippen MR) is 83.5 cm³/mol. The summed E-state index contributed by atoms with van der Waals surface area (Å²) < 4.78 is 5.27. The minimum atomic E-state index is -0.490. The van der Waals surface area contributed by atoms with Gasteiger partial charge in [0.1, 0.15) is 12.1 Å². The summed E-state index contributed by atoms with van der Waals surface area (Å²) in [7, 11) is 1.52. The van der Waals surface area contributed by atoms with Crippen molar-refractivity contribution in [3.63, 3.8) is 0 Å². The Balaban J connectivity index is 1.77. The molecule has 1 unspecified atom stereocenters. The van der Waals surface area contributed by atoms with Crippen LogP contribution in [0.2, 0.25) is 5.02 Å². The zero-order valence-electron chi connectivity index (χ0n) is 12.2. The average molecular weight is 336 g/mol. The van der Waals surface area contributed by atoms with Crippen molar-refractivity contribution in [1.29, 1.82) is 0 Å². The first-order valence-corrected chi connectivity index (χ1v) is 7.26. The maximum absolute atomic E-state index is 12.3. The Kier molecular flexibility index (Phi) is 4.16. The summed E-state index contributed by atoms with van der Waals surface area (Å²) in [4.78, 5) is 29.8. The average Bonchev–Trinajstić information content (AvgIpc) is 3.16. The minimum absolute atomic E-state index is 0.107. The van der Waals surface area contributed by atoms with Crippen molar-refractivity contribution in [1.82, 2.24) is 15.2 Å². The van der Waals surface area contributed by atoms with Gasteiger partial charge in [-0.05, 0) is 18.2 Å². The van der Waals surface area contributed by atoms with Crippen LogP contribution in [0.4, 0.5) is 11.6 Å². The third-order valence-electron chi connectivity index (χ3n) is 3.58. The van der Waals surface area contributed by atoms with Crippen LogP contribution < -0.4 is 15.0 Å². The molecule has 0 radical (unpaired) electrons. The molecular weight excluding hydrogens is 322 g/mol. The second kappa shape index (κ2) is 6.25. The fourth-order valence-electron chi connectivity index (χ4n) is 2.47. The summed E-state index contributed by atoms with van der Waals surface area (Å²) in [5.41, 5.74) is 0.556. The van der Waals surface area contributed by atoms with E-state index in [1.54, 1.807) is 18.2 Å². The number of hydrogen-bond acceptors (Lipinski definition) is 5. The van der Waals surface area contributed by atoms with Gasteiger partial charge >= 0.3 is 0 Å². The Morgan fingerprint density at radius 3 is 3.04 bits per heavy atom. The van der Waals surface area contributed by atoms with Crippen LogP contribution in [0.15, 0.2) is 24.5 Å². The lowest BCUT2D eigenvalue weighted by Crippen LogP contribution is -2.28. The highest BCUT2D eigenvalue weighted by atomic mass is 35.5. The van der Waals surface area contributed by atoms with E-state index in [0.717, 1.165) is 0 Å². The molecule has 23 heavy (non-hydrogen) atoms. The summed E-state index contributed by atoms with van der Waals surface area (Å²) in [5.74, 6) is -0.168. The van der Waals surface area contributed by atoms with E-state index in [9.17, 15) is 9.59 Å². The molecule has 9 heteroatoms. The molecule has 1 aliphatic heterocycles. The largest absolute Gasteiger partial charge is 0.495 e. The normalized spacial score (nSPS) is 17.4. The van der Waals surface area contributed by atoms with Gasteiger partial charge < -0.3 is 9.64 Å². The SMILES string of the molecule is COc1ccc(Cl)cc1N1CC(C(=O)Nc2ncn[nH]2)CC1=O. The van der Waals surface area contributed by atoms with Crippen molar-refractivity contribution in [3.8, 4) is 5.75 Å². The molecular formula is C14H14ClN5O3. The smallest absolute Gasteiger partial charge is 0.232 e. The third kappa shape index (κ3) is 3.11. The van der Waals surface area contributed by atoms with E-state index in [1.165, 1.54) is 18.3 Å². The summed E-state index contributed by atoms with van der Waals surface area (Å²) >= 11 is 6.00. The van der Waals surface area contributed by atoms with Crippen LogP contribution >= 0.6 is 11.6 Å². The van der Waals surface area contributed by atoms with Crippen molar-refractivity contribution >= 4 is 35.1 Å². The number of carbonyl (C=O) groups is 2. The number of nitrogens with zero attached hydrogens (tertiary/aromatic N) is 3. The number of aromatic amines is 1. The summed E-state index contributed by atoms with van der Waals surface area (Å²) in [6, 6.07) is 5.01. The second-order valence-electron chi connectivity index (χ2n) is 5.04. The van der Waals surface area contributed by atoms with E-state index in [4.69, 9.17) is 16.3 Å². The van der Waals surface area contributed by atoms with Crippen LogP contribution in [0.5, 0.6) is 5.75 Å². The molecule has 120 valence electrons. The summed E-state index contributed by atoms with van der Waals surface area (Å²) in [5, 5.41) is 9.28. The Morgan fingerprint density at radius 1 is 1.52 bits per heavy atom. The molecule has 0 aliphatic carbocycles. The third-order valence-corrected chi connectivity index (χ3v) is 3.82. The highest BCUT2D eigenvalue weighted by Crippen LogP contribution is 2.35. The quantitative estimate of drug-likeness (QED) is 0.881. The number of nitrogens with one attached hydrogen (secondary N) is 2. The van der Waals surface area contributed by atoms with E-state index in [-0.39, 0.29) is 30.7 Å². The highest BCUT2D eigenvalue weighted by Gasteiger charge is 2.36. The molecule has 1 fully saturated rings. The Labute approximate surface area is 136 Å². The lowest BCUT2D eigenvalue weighted by Gasteiger charge is -2.19.